The van der Waals surface area contributed by atoms with Gasteiger partial charge >= 0.3 is 0 Å². The SMILES string of the molecule is NCc1sc2ccccc2c1COc1cccc(Cl)c1Cl. The summed E-state index contributed by atoms with van der Waals surface area (Å²) in [4.78, 5) is 1.13. The average molecular weight is 338 g/mol. The Hall–Kier alpha value is -1.26. The molecule has 5 heteroatoms. The highest BCUT2D eigenvalue weighted by molar-refractivity contribution is 7.19. The lowest BCUT2D eigenvalue weighted by Gasteiger charge is -2.09. The summed E-state index contributed by atoms with van der Waals surface area (Å²) in [7, 11) is 0. The number of benzene rings is 2. The molecular formula is C16H13Cl2NOS. The molecule has 2 aromatic carbocycles. The van der Waals surface area contributed by atoms with Crippen LogP contribution in [-0.4, -0.2) is 0 Å². The number of ether oxygens (including phenoxy) is 1. The van der Waals surface area contributed by atoms with Crippen LogP contribution in [0.25, 0.3) is 10.1 Å². The average Bonchev–Trinajstić information content (AvgIpc) is 2.86. The van der Waals surface area contributed by atoms with Gasteiger partial charge in [-0.05, 0) is 23.6 Å². The first-order valence-electron chi connectivity index (χ1n) is 6.47. The van der Waals surface area contributed by atoms with Crippen molar-refractivity contribution in [3.8, 4) is 5.75 Å². The van der Waals surface area contributed by atoms with Crippen LogP contribution in [0.4, 0.5) is 0 Å². The van der Waals surface area contributed by atoms with Crippen LogP contribution in [0.1, 0.15) is 10.4 Å². The smallest absolute Gasteiger partial charge is 0.139 e. The molecule has 0 saturated carbocycles. The van der Waals surface area contributed by atoms with Gasteiger partial charge < -0.3 is 10.5 Å². The number of fused-ring (bicyclic) bond motifs is 1. The molecule has 0 aliphatic carbocycles. The predicted octanol–water partition coefficient (Wildman–Crippen LogP) is 5.25. The summed E-state index contributed by atoms with van der Waals surface area (Å²) in [6.45, 7) is 0.928. The largest absolute Gasteiger partial charge is 0.487 e. The van der Waals surface area contributed by atoms with E-state index >= 15 is 0 Å². The third-order valence-electron chi connectivity index (χ3n) is 3.26. The Morgan fingerprint density at radius 3 is 2.67 bits per heavy atom. The van der Waals surface area contributed by atoms with Crippen LogP contribution < -0.4 is 10.5 Å². The van der Waals surface area contributed by atoms with Crippen LogP contribution in [0.2, 0.25) is 10.0 Å². The van der Waals surface area contributed by atoms with Crippen molar-refractivity contribution in [3.63, 3.8) is 0 Å². The van der Waals surface area contributed by atoms with Crippen molar-refractivity contribution in [2.75, 3.05) is 0 Å². The van der Waals surface area contributed by atoms with Gasteiger partial charge in [-0.2, -0.15) is 0 Å². The maximum absolute atomic E-state index is 6.15. The van der Waals surface area contributed by atoms with Crippen LogP contribution in [0.3, 0.4) is 0 Å². The summed E-state index contributed by atoms with van der Waals surface area (Å²) in [5, 5.41) is 2.11. The van der Waals surface area contributed by atoms with Gasteiger partial charge in [0.05, 0.1) is 5.02 Å². The van der Waals surface area contributed by atoms with Gasteiger partial charge in [-0.1, -0.05) is 47.5 Å². The van der Waals surface area contributed by atoms with E-state index in [9.17, 15) is 0 Å². The molecule has 1 aromatic heterocycles. The number of hydrogen-bond donors (Lipinski definition) is 1. The molecule has 0 unspecified atom stereocenters. The van der Waals surface area contributed by atoms with E-state index in [4.69, 9.17) is 33.7 Å². The van der Waals surface area contributed by atoms with Gasteiger partial charge in [-0.25, -0.2) is 0 Å². The first-order valence-corrected chi connectivity index (χ1v) is 8.04. The van der Waals surface area contributed by atoms with Gasteiger partial charge in [0.15, 0.2) is 0 Å². The quantitative estimate of drug-likeness (QED) is 0.705. The third-order valence-corrected chi connectivity index (χ3v) is 5.29. The molecule has 0 spiro atoms. The fourth-order valence-corrected chi connectivity index (χ4v) is 3.65. The lowest BCUT2D eigenvalue weighted by Crippen LogP contribution is -2.02. The summed E-state index contributed by atoms with van der Waals surface area (Å²) < 4.78 is 7.06. The molecule has 3 rings (SSSR count). The van der Waals surface area contributed by atoms with Crippen molar-refractivity contribution in [3.05, 3.63) is 63.0 Å². The van der Waals surface area contributed by atoms with Crippen molar-refractivity contribution in [2.45, 2.75) is 13.2 Å². The molecular weight excluding hydrogens is 325 g/mol. The maximum Gasteiger partial charge on any atom is 0.139 e. The maximum atomic E-state index is 6.15. The summed E-state index contributed by atoms with van der Waals surface area (Å²) in [6.07, 6.45) is 0. The fourth-order valence-electron chi connectivity index (χ4n) is 2.22. The second kappa shape index (κ2) is 6.24. The van der Waals surface area contributed by atoms with E-state index in [1.54, 1.807) is 17.4 Å². The number of halogens is 2. The first kappa shape index (κ1) is 14.7. The van der Waals surface area contributed by atoms with Crippen molar-refractivity contribution in [1.82, 2.24) is 0 Å². The molecule has 21 heavy (non-hydrogen) atoms. The van der Waals surface area contributed by atoms with Gasteiger partial charge in [0.1, 0.15) is 17.4 Å². The molecule has 0 aliphatic rings. The summed E-state index contributed by atoms with van der Waals surface area (Å²) in [5.41, 5.74) is 6.96. The molecule has 0 radical (unpaired) electrons. The highest BCUT2D eigenvalue weighted by Crippen LogP contribution is 2.35. The van der Waals surface area contributed by atoms with Crippen LogP contribution in [0.5, 0.6) is 5.75 Å². The Morgan fingerprint density at radius 2 is 1.86 bits per heavy atom. The Balaban J connectivity index is 1.93. The van der Waals surface area contributed by atoms with Crippen LogP contribution >= 0.6 is 34.5 Å². The van der Waals surface area contributed by atoms with E-state index in [0.717, 1.165) is 10.4 Å². The van der Waals surface area contributed by atoms with Crippen LogP contribution in [0.15, 0.2) is 42.5 Å². The minimum Gasteiger partial charge on any atom is -0.487 e. The molecule has 108 valence electrons. The molecule has 1 heterocycles. The van der Waals surface area contributed by atoms with Gasteiger partial charge in [0.25, 0.3) is 0 Å². The molecule has 2 N–H and O–H groups in total. The minimum absolute atomic E-state index is 0.427. The molecule has 0 bridgehead atoms. The fraction of sp³-hybridized carbons (Fsp3) is 0.125. The van der Waals surface area contributed by atoms with E-state index in [-0.39, 0.29) is 0 Å². The number of nitrogens with two attached hydrogens (primary N) is 1. The zero-order valence-electron chi connectivity index (χ0n) is 11.1. The molecule has 0 saturated heterocycles. The second-order valence-corrected chi connectivity index (χ2v) is 6.47. The molecule has 2 nitrogen and oxygen atoms in total. The summed E-state index contributed by atoms with van der Waals surface area (Å²) in [6, 6.07) is 13.6. The lowest BCUT2D eigenvalue weighted by molar-refractivity contribution is 0.307. The van der Waals surface area contributed by atoms with E-state index < -0.39 is 0 Å². The van der Waals surface area contributed by atoms with E-state index in [1.165, 1.54) is 10.1 Å². The Labute approximate surface area is 137 Å². The predicted molar refractivity (Wildman–Crippen MR) is 90.5 cm³/mol. The highest BCUT2D eigenvalue weighted by Gasteiger charge is 2.12. The topological polar surface area (TPSA) is 35.2 Å². The summed E-state index contributed by atoms with van der Waals surface area (Å²) >= 11 is 13.8. The van der Waals surface area contributed by atoms with Gasteiger partial charge in [-0.3, -0.25) is 0 Å². The summed E-state index contributed by atoms with van der Waals surface area (Å²) in [5.74, 6) is 0.586. The van der Waals surface area contributed by atoms with Gasteiger partial charge in [-0.15, -0.1) is 11.3 Å². The molecule has 0 amide bonds. The minimum atomic E-state index is 0.427. The Morgan fingerprint density at radius 1 is 1.05 bits per heavy atom. The molecule has 0 fully saturated rings. The van der Waals surface area contributed by atoms with E-state index in [2.05, 4.69) is 12.1 Å². The number of thiophene rings is 1. The standard InChI is InChI=1S/C16H13Cl2NOS/c17-12-5-3-6-13(16(12)18)20-9-11-10-4-1-2-7-14(10)21-15(11)8-19/h1-7H,8-9,19H2. The first-order chi connectivity index (χ1) is 10.2. The van der Waals surface area contributed by atoms with Crippen molar-refractivity contribution >= 4 is 44.6 Å². The van der Waals surface area contributed by atoms with Gasteiger partial charge in [0, 0.05) is 21.7 Å². The van der Waals surface area contributed by atoms with E-state index in [0.29, 0.717) is 28.9 Å². The molecule has 0 atom stereocenters. The molecule has 3 aromatic rings. The van der Waals surface area contributed by atoms with Crippen molar-refractivity contribution in [1.29, 1.82) is 0 Å². The zero-order valence-corrected chi connectivity index (χ0v) is 13.4. The normalized spacial score (nSPS) is 11.0. The van der Waals surface area contributed by atoms with E-state index in [1.807, 2.05) is 24.3 Å². The van der Waals surface area contributed by atoms with Crippen molar-refractivity contribution < 1.29 is 4.74 Å². The monoisotopic (exact) mass is 337 g/mol. The van der Waals surface area contributed by atoms with Crippen LogP contribution in [-0.2, 0) is 13.2 Å². The second-order valence-electron chi connectivity index (χ2n) is 4.54. The van der Waals surface area contributed by atoms with Crippen molar-refractivity contribution in [2.24, 2.45) is 5.73 Å². The zero-order chi connectivity index (χ0) is 14.8. The number of rotatable bonds is 4. The Kier molecular flexibility index (Phi) is 4.36. The van der Waals surface area contributed by atoms with Crippen LogP contribution in [0, 0.1) is 0 Å². The number of hydrogen-bond acceptors (Lipinski definition) is 3. The Bertz CT molecular complexity index is 785. The lowest BCUT2D eigenvalue weighted by atomic mass is 10.1. The third kappa shape index (κ3) is 2.87. The highest BCUT2D eigenvalue weighted by atomic mass is 35.5. The van der Waals surface area contributed by atoms with Gasteiger partial charge in [0.2, 0.25) is 0 Å². The molecule has 0 aliphatic heterocycles.